The first kappa shape index (κ1) is 12.6. The largest absolute Gasteiger partial charge is 0.464 e. The van der Waals surface area contributed by atoms with Gasteiger partial charge in [0.15, 0.2) is 0 Å². The van der Waals surface area contributed by atoms with Crippen molar-refractivity contribution < 1.29 is 9.53 Å². The first-order valence-electron chi connectivity index (χ1n) is 5.12. The molecule has 0 radical (unpaired) electrons. The van der Waals surface area contributed by atoms with Crippen molar-refractivity contribution in [2.75, 3.05) is 7.11 Å². The van der Waals surface area contributed by atoms with Gasteiger partial charge in [0, 0.05) is 7.05 Å². The van der Waals surface area contributed by atoms with E-state index in [1.54, 1.807) is 10.6 Å². The van der Waals surface area contributed by atoms with Crippen LogP contribution in [0.3, 0.4) is 0 Å². The molecule has 1 aromatic rings. The molecule has 0 amide bonds. The molecule has 4 heteroatoms. The molecule has 0 spiro atoms. The Bertz CT molecular complexity index is 458. The van der Waals surface area contributed by atoms with Crippen LogP contribution in [0.2, 0.25) is 19.6 Å². The van der Waals surface area contributed by atoms with Crippen molar-refractivity contribution in [1.29, 1.82) is 0 Å². The highest BCUT2D eigenvalue weighted by molar-refractivity contribution is 6.83. The molecule has 1 aromatic heterocycles. The molecular formula is C12H17NO2Si. The van der Waals surface area contributed by atoms with Gasteiger partial charge in [0.25, 0.3) is 0 Å². The molecule has 0 saturated heterocycles. The lowest BCUT2D eigenvalue weighted by molar-refractivity contribution is 0.0590. The van der Waals surface area contributed by atoms with Gasteiger partial charge in [-0.1, -0.05) is 25.6 Å². The molecule has 0 aliphatic heterocycles. The minimum Gasteiger partial charge on any atom is -0.464 e. The molecule has 0 aromatic carbocycles. The fourth-order valence-electron chi connectivity index (χ4n) is 1.20. The summed E-state index contributed by atoms with van der Waals surface area (Å²) in [4.78, 5) is 11.4. The summed E-state index contributed by atoms with van der Waals surface area (Å²) in [6.07, 6.45) is 0. The number of nitrogens with zero attached hydrogens (tertiary/aromatic N) is 1. The van der Waals surface area contributed by atoms with Crippen LogP contribution in [-0.4, -0.2) is 25.7 Å². The predicted octanol–water partition coefficient (Wildman–Crippen LogP) is 2.04. The van der Waals surface area contributed by atoms with Gasteiger partial charge in [0.2, 0.25) is 0 Å². The highest BCUT2D eigenvalue weighted by Gasteiger charge is 2.12. The predicted molar refractivity (Wildman–Crippen MR) is 67.0 cm³/mol. The zero-order valence-electron chi connectivity index (χ0n) is 10.4. The van der Waals surface area contributed by atoms with E-state index in [4.69, 9.17) is 0 Å². The van der Waals surface area contributed by atoms with Gasteiger partial charge in [-0.05, 0) is 12.1 Å². The summed E-state index contributed by atoms with van der Waals surface area (Å²) in [5, 5.41) is 0. The Morgan fingerprint density at radius 3 is 2.50 bits per heavy atom. The lowest BCUT2D eigenvalue weighted by atomic mass is 10.4. The van der Waals surface area contributed by atoms with Crippen LogP contribution in [0, 0.1) is 11.5 Å². The Hall–Kier alpha value is -1.47. The first-order chi connectivity index (χ1) is 7.35. The third-order valence-corrected chi connectivity index (χ3v) is 2.96. The number of methoxy groups -OCH3 is 1. The summed E-state index contributed by atoms with van der Waals surface area (Å²) in [5.41, 5.74) is 4.65. The van der Waals surface area contributed by atoms with Gasteiger partial charge in [0.05, 0.1) is 12.8 Å². The van der Waals surface area contributed by atoms with Crippen LogP contribution in [0.25, 0.3) is 0 Å². The van der Waals surface area contributed by atoms with E-state index in [0.717, 1.165) is 5.69 Å². The minimum absolute atomic E-state index is 0.330. The summed E-state index contributed by atoms with van der Waals surface area (Å²) in [6, 6.07) is 3.58. The fraction of sp³-hybridized carbons (Fsp3) is 0.417. The third kappa shape index (κ3) is 3.01. The van der Waals surface area contributed by atoms with E-state index in [0.29, 0.717) is 5.69 Å². The van der Waals surface area contributed by atoms with Gasteiger partial charge in [-0.15, -0.1) is 5.54 Å². The van der Waals surface area contributed by atoms with Crippen LogP contribution in [0.5, 0.6) is 0 Å². The Morgan fingerprint density at radius 2 is 2.00 bits per heavy atom. The number of rotatable bonds is 1. The lowest BCUT2D eigenvalue weighted by Gasteiger charge is -2.04. The van der Waals surface area contributed by atoms with Gasteiger partial charge >= 0.3 is 5.97 Å². The van der Waals surface area contributed by atoms with Crippen LogP contribution >= 0.6 is 0 Å². The third-order valence-electron chi connectivity index (χ3n) is 2.08. The van der Waals surface area contributed by atoms with Gasteiger partial charge < -0.3 is 9.30 Å². The quantitative estimate of drug-likeness (QED) is 0.424. The van der Waals surface area contributed by atoms with Crippen molar-refractivity contribution in [3.63, 3.8) is 0 Å². The molecule has 0 bridgehead atoms. The summed E-state index contributed by atoms with van der Waals surface area (Å²) >= 11 is 0. The first-order valence-corrected chi connectivity index (χ1v) is 8.62. The molecule has 0 atom stereocenters. The van der Waals surface area contributed by atoms with Gasteiger partial charge in [-0.25, -0.2) is 4.79 Å². The van der Waals surface area contributed by atoms with Crippen LogP contribution in [-0.2, 0) is 11.8 Å². The SMILES string of the molecule is COC(=O)c1ccc(C#C[Si](C)(C)C)n1C. The molecule has 86 valence electrons. The molecular weight excluding hydrogens is 218 g/mol. The van der Waals surface area contributed by atoms with Crippen molar-refractivity contribution in [3.05, 3.63) is 23.5 Å². The van der Waals surface area contributed by atoms with E-state index in [1.165, 1.54) is 7.11 Å². The smallest absolute Gasteiger partial charge is 0.354 e. The Morgan fingerprint density at radius 1 is 1.38 bits per heavy atom. The maximum Gasteiger partial charge on any atom is 0.354 e. The molecule has 0 aliphatic rings. The molecule has 0 aliphatic carbocycles. The Balaban J connectivity index is 3.05. The van der Waals surface area contributed by atoms with Crippen LogP contribution < -0.4 is 0 Å². The molecule has 3 nitrogen and oxygen atoms in total. The lowest BCUT2D eigenvalue weighted by Crippen LogP contribution is -2.16. The van der Waals surface area contributed by atoms with Crippen LogP contribution in [0.4, 0.5) is 0 Å². The topological polar surface area (TPSA) is 31.2 Å². The monoisotopic (exact) mass is 235 g/mol. The summed E-state index contributed by atoms with van der Waals surface area (Å²) in [6.45, 7) is 6.55. The molecule has 0 unspecified atom stereocenters. The number of hydrogen-bond acceptors (Lipinski definition) is 2. The van der Waals surface area contributed by atoms with Crippen LogP contribution in [0.1, 0.15) is 16.2 Å². The Kier molecular flexibility index (Phi) is 3.61. The van der Waals surface area contributed by atoms with Crippen molar-refractivity contribution in [2.45, 2.75) is 19.6 Å². The summed E-state index contributed by atoms with van der Waals surface area (Å²) in [7, 11) is 1.82. The number of hydrogen-bond donors (Lipinski definition) is 0. The highest BCUT2D eigenvalue weighted by Crippen LogP contribution is 2.08. The minimum atomic E-state index is -1.38. The Labute approximate surface area is 97.4 Å². The number of esters is 1. The van der Waals surface area contributed by atoms with E-state index >= 15 is 0 Å². The summed E-state index contributed by atoms with van der Waals surface area (Å²) in [5.74, 6) is 2.79. The second kappa shape index (κ2) is 4.58. The van der Waals surface area contributed by atoms with Gasteiger partial charge in [-0.2, -0.15) is 0 Å². The van der Waals surface area contributed by atoms with E-state index in [1.807, 2.05) is 13.1 Å². The van der Waals surface area contributed by atoms with Crippen molar-refractivity contribution >= 4 is 14.0 Å². The number of ether oxygens (including phenoxy) is 1. The highest BCUT2D eigenvalue weighted by atomic mass is 28.3. The normalized spacial score (nSPS) is 10.6. The average Bonchev–Trinajstić information content (AvgIpc) is 2.55. The number of aromatic nitrogens is 1. The molecule has 1 rings (SSSR count). The second-order valence-electron chi connectivity index (χ2n) is 4.65. The van der Waals surface area contributed by atoms with Crippen LogP contribution in [0.15, 0.2) is 12.1 Å². The summed E-state index contributed by atoms with van der Waals surface area (Å²) < 4.78 is 6.44. The van der Waals surface area contributed by atoms with Gasteiger partial charge in [-0.3, -0.25) is 0 Å². The molecule has 16 heavy (non-hydrogen) atoms. The molecule has 0 fully saturated rings. The number of carbonyl (C=O) groups excluding carboxylic acids is 1. The molecule has 0 N–H and O–H groups in total. The number of carbonyl (C=O) groups is 1. The van der Waals surface area contributed by atoms with Crippen molar-refractivity contribution in [3.8, 4) is 11.5 Å². The standard InChI is InChI=1S/C12H17NO2Si/c1-13-10(8-9-16(3,4)5)6-7-11(13)12(14)15-2/h6-7H,1-5H3. The maximum absolute atomic E-state index is 11.4. The average molecular weight is 235 g/mol. The van der Waals surface area contributed by atoms with E-state index in [-0.39, 0.29) is 5.97 Å². The fourth-order valence-corrected chi connectivity index (χ4v) is 1.70. The second-order valence-corrected chi connectivity index (χ2v) is 9.40. The van der Waals surface area contributed by atoms with E-state index in [9.17, 15) is 4.79 Å². The van der Waals surface area contributed by atoms with E-state index in [2.05, 4.69) is 35.8 Å². The zero-order valence-corrected chi connectivity index (χ0v) is 11.4. The molecule has 1 heterocycles. The van der Waals surface area contributed by atoms with Crippen molar-refractivity contribution in [2.24, 2.45) is 7.05 Å². The molecule has 0 saturated carbocycles. The van der Waals surface area contributed by atoms with E-state index < -0.39 is 8.07 Å². The zero-order chi connectivity index (χ0) is 12.3. The maximum atomic E-state index is 11.4. The van der Waals surface area contributed by atoms with Gasteiger partial charge in [0.1, 0.15) is 13.8 Å². The van der Waals surface area contributed by atoms with Crippen molar-refractivity contribution in [1.82, 2.24) is 4.57 Å².